The molecule has 3 aromatic rings. The van der Waals surface area contributed by atoms with Crippen LogP contribution in [0.4, 0.5) is 0 Å². The summed E-state index contributed by atoms with van der Waals surface area (Å²) < 4.78 is 1.50. The summed E-state index contributed by atoms with van der Waals surface area (Å²) in [6, 6.07) is 5.34. The van der Waals surface area contributed by atoms with Gasteiger partial charge in [-0.1, -0.05) is 0 Å². The maximum absolute atomic E-state index is 12.3. The normalized spacial score (nSPS) is 10.9. The largest absolute Gasteiger partial charge is 0.291 e. The fourth-order valence-corrected chi connectivity index (χ4v) is 2.13. The molecule has 0 aliphatic carbocycles. The molecule has 3 rings (SSSR count). The van der Waals surface area contributed by atoms with E-state index in [1.165, 1.54) is 10.9 Å². The minimum absolute atomic E-state index is 0.133. The Hall–Kier alpha value is -2.63. The van der Waals surface area contributed by atoms with E-state index in [0.29, 0.717) is 23.4 Å². The fourth-order valence-electron chi connectivity index (χ4n) is 2.13. The topological polar surface area (TPSA) is 73.6 Å². The van der Waals surface area contributed by atoms with E-state index in [-0.39, 0.29) is 5.56 Å². The highest BCUT2D eigenvalue weighted by molar-refractivity contribution is 5.72. The third-order valence-electron chi connectivity index (χ3n) is 2.94. The van der Waals surface area contributed by atoms with E-state index in [2.05, 4.69) is 19.9 Å². The second kappa shape index (κ2) is 4.80. The third-order valence-corrected chi connectivity index (χ3v) is 2.94. The van der Waals surface area contributed by atoms with Crippen molar-refractivity contribution in [3.63, 3.8) is 0 Å². The van der Waals surface area contributed by atoms with Crippen LogP contribution in [0.3, 0.4) is 0 Å². The van der Waals surface area contributed by atoms with Crippen molar-refractivity contribution in [2.45, 2.75) is 20.4 Å². The predicted octanol–water partition coefficient (Wildman–Crippen LogP) is 1.25. The second-order valence-corrected chi connectivity index (χ2v) is 4.62. The molecule has 0 saturated heterocycles. The first kappa shape index (κ1) is 12.4. The number of rotatable bonds is 2. The minimum atomic E-state index is -0.133. The van der Waals surface area contributed by atoms with Crippen LogP contribution in [-0.2, 0) is 6.54 Å². The molecule has 0 saturated carbocycles. The summed E-state index contributed by atoms with van der Waals surface area (Å²) in [5, 5.41) is 0.499. The number of aromatic nitrogens is 5. The van der Waals surface area contributed by atoms with E-state index in [1.54, 1.807) is 18.3 Å². The highest BCUT2D eigenvalue weighted by atomic mass is 16.1. The van der Waals surface area contributed by atoms with Gasteiger partial charge in [-0.05, 0) is 32.0 Å². The summed E-state index contributed by atoms with van der Waals surface area (Å²) in [6.45, 7) is 4.12. The SMILES string of the molecule is Cc1cc(C)nc(Cn2cnc3ncccc3c2=O)n1. The molecule has 6 heteroatoms. The summed E-state index contributed by atoms with van der Waals surface area (Å²) >= 11 is 0. The third kappa shape index (κ3) is 2.27. The van der Waals surface area contributed by atoms with Gasteiger partial charge in [0.2, 0.25) is 0 Å². The summed E-state index contributed by atoms with van der Waals surface area (Å²) in [5.74, 6) is 0.606. The van der Waals surface area contributed by atoms with E-state index < -0.39 is 0 Å². The lowest BCUT2D eigenvalue weighted by molar-refractivity contribution is 0.698. The summed E-state index contributed by atoms with van der Waals surface area (Å²) in [6.07, 6.45) is 3.10. The molecule has 0 aromatic carbocycles. The van der Waals surface area contributed by atoms with Crippen molar-refractivity contribution in [1.82, 2.24) is 24.5 Å². The zero-order valence-electron chi connectivity index (χ0n) is 11.2. The maximum atomic E-state index is 12.3. The predicted molar refractivity (Wildman–Crippen MR) is 74.4 cm³/mol. The van der Waals surface area contributed by atoms with Crippen molar-refractivity contribution in [2.24, 2.45) is 0 Å². The van der Waals surface area contributed by atoms with Crippen molar-refractivity contribution in [3.05, 3.63) is 58.3 Å². The number of hydrogen-bond acceptors (Lipinski definition) is 5. The molecule has 0 bridgehead atoms. The molecule has 0 fully saturated rings. The van der Waals surface area contributed by atoms with Gasteiger partial charge in [0.1, 0.15) is 12.2 Å². The van der Waals surface area contributed by atoms with Crippen LogP contribution in [0.5, 0.6) is 0 Å². The lowest BCUT2D eigenvalue weighted by Gasteiger charge is -2.06. The quantitative estimate of drug-likeness (QED) is 0.698. The van der Waals surface area contributed by atoms with Crippen LogP contribution in [0.2, 0.25) is 0 Å². The van der Waals surface area contributed by atoms with Gasteiger partial charge in [0, 0.05) is 17.6 Å². The fraction of sp³-hybridized carbons (Fsp3) is 0.214. The molecule has 3 aromatic heterocycles. The Morgan fingerprint density at radius 3 is 2.65 bits per heavy atom. The molecule has 0 N–H and O–H groups in total. The zero-order chi connectivity index (χ0) is 14.1. The Kier molecular flexibility index (Phi) is 2.98. The summed E-state index contributed by atoms with van der Waals surface area (Å²) in [7, 11) is 0. The van der Waals surface area contributed by atoms with Crippen LogP contribution >= 0.6 is 0 Å². The molecular formula is C14H13N5O. The first-order chi connectivity index (χ1) is 9.63. The Labute approximate surface area is 115 Å². The van der Waals surface area contributed by atoms with Crippen LogP contribution in [0.1, 0.15) is 17.2 Å². The van der Waals surface area contributed by atoms with Gasteiger partial charge in [-0.2, -0.15) is 0 Å². The van der Waals surface area contributed by atoms with Gasteiger partial charge in [0.05, 0.1) is 11.9 Å². The van der Waals surface area contributed by atoms with E-state index >= 15 is 0 Å². The first-order valence-corrected chi connectivity index (χ1v) is 6.25. The number of pyridine rings is 1. The summed E-state index contributed by atoms with van der Waals surface area (Å²) in [5.41, 5.74) is 2.09. The number of hydrogen-bond donors (Lipinski definition) is 0. The van der Waals surface area contributed by atoms with Gasteiger partial charge >= 0.3 is 0 Å². The van der Waals surface area contributed by atoms with Crippen molar-refractivity contribution in [2.75, 3.05) is 0 Å². The highest BCUT2D eigenvalue weighted by Gasteiger charge is 2.07. The van der Waals surface area contributed by atoms with Gasteiger partial charge in [0.25, 0.3) is 5.56 Å². The summed E-state index contributed by atoms with van der Waals surface area (Å²) in [4.78, 5) is 29.2. The lowest BCUT2D eigenvalue weighted by atomic mass is 10.3. The Morgan fingerprint density at radius 1 is 1.15 bits per heavy atom. The highest BCUT2D eigenvalue weighted by Crippen LogP contribution is 2.03. The van der Waals surface area contributed by atoms with E-state index in [4.69, 9.17) is 0 Å². The van der Waals surface area contributed by atoms with Crippen molar-refractivity contribution in [1.29, 1.82) is 0 Å². The van der Waals surface area contributed by atoms with Crippen LogP contribution < -0.4 is 5.56 Å². The number of fused-ring (bicyclic) bond motifs is 1. The molecule has 0 atom stereocenters. The number of aryl methyl sites for hydroxylation is 2. The van der Waals surface area contributed by atoms with Crippen LogP contribution in [0.25, 0.3) is 11.0 Å². The monoisotopic (exact) mass is 267 g/mol. The average Bonchev–Trinajstić information content (AvgIpc) is 2.41. The molecule has 0 amide bonds. The molecular weight excluding hydrogens is 254 g/mol. The lowest BCUT2D eigenvalue weighted by Crippen LogP contribution is -2.22. The molecule has 0 spiro atoms. The van der Waals surface area contributed by atoms with E-state index in [0.717, 1.165) is 11.4 Å². The van der Waals surface area contributed by atoms with Gasteiger partial charge in [-0.3, -0.25) is 9.36 Å². The van der Waals surface area contributed by atoms with Gasteiger partial charge in [0.15, 0.2) is 5.65 Å². The van der Waals surface area contributed by atoms with Crippen molar-refractivity contribution < 1.29 is 0 Å². The average molecular weight is 267 g/mol. The maximum Gasteiger partial charge on any atom is 0.263 e. The van der Waals surface area contributed by atoms with Gasteiger partial charge in [-0.15, -0.1) is 0 Å². The zero-order valence-corrected chi connectivity index (χ0v) is 11.2. The molecule has 100 valence electrons. The van der Waals surface area contributed by atoms with Crippen LogP contribution in [0.15, 0.2) is 35.5 Å². The van der Waals surface area contributed by atoms with E-state index in [9.17, 15) is 4.79 Å². The minimum Gasteiger partial charge on any atom is -0.291 e. The molecule has 0 unspecified atom stereocenters. The smallest absolute Gasteiger partial charge is 0.263 e. The van der Waals surface area contributed by atoms with Gasteiger partial charge in [-0.25, -0.2) is 19.9 Å². The molecule has 0 aliphatic heterocycles. The molecule has 3 heterocycles. The standard InChI is InChI=1S/C14H13N5O/c1-9-6-10(2)18-12(17-9)7-19-8-16-13-11(14(19)20)4-3-5-15-13/h3-6,8H,7H2,1-2H3. The molecule has 0 radical (unpaired) electrons. The first-order valence-electron chi connectivity index (χ1n) is 6.25. The second-order valence-electron chi connectivity index (χ2n) is 4.62. The van der Waals surface area contributed by atoms with Gasteiger partial charge < -0.3 is 0 Å². The Morgan fingerprint density at radius 2 is 1.90 bits per heavy atom. The van der Waals surface area contributed by atoms with E-state index in [1.807, 2.05) is 19.9 Å². The molecule has 6 nitrogen and oxygen atoms in total. The molecule has 20 heavy (non-hydrogen) atoms. The number of nitrogens with zero attached hydrogens (tertiary/aromatic N) is 5. The molecule has 0 aliphatic rings. The Balaban J connectivity index is 2.07. The Bertz CT molecular complexity index is 820. The van der Waals surface area contributed by atoms with Crippen LogP contribution in [-0.4, -0.2) is 24.5 Å². The van der Waals surface area contributed by atoms with Crippen molar-refractivity contribution >= 4 is 11.0 Å². The van der Waals surface area contributed by atoms with Crippen LogP contribution in [0, 0.1) is 13.8 Å². The van der Waals surface area contributed by atoms with Crippen molar-refractivity contribution in [3.8, 4) is 0 Å².